The molecule has 0 bridgehead atoms. The Hall–Kier alpha value is -1.75. The van der Waals surface area contributed by atoms with Gasteiger partial charge in [-0.25, -0.2) is 0 Å². The first-order valence-corrected chi connectivity index (χ1v) is 8.13. The molecule has 0 aliphatic heterocycles. The molecule has 2 nitrogen and oxygen atoms in total. The van der Waals surface area contributed by atoms with Crippen molar-refractivity contribution in [3.05, 3.63) is 42.0 Å². The number of rotatable bonds is 6. The quantitative estimate of drug-likeness (QED) is 0.680. The van der Waals surface area contributed by atoms with Gasteiger partial charge in [-0.05, 0) is 55.4 Å². The lowest BCUT2D eigenvalue weighted by Crippen LogP contribution is -2.24. The van der Waals surface area contributed by atoms with E-state index in [1.165, 1.54) is 38.5 Å². The monoisotopic (exact) mass is 283 g/mol. The second-order valence-corrected chi connectivity index (χ2v) is 5.87. The number of unbranched alkanes of at least 4 members (excludes halogenated alkanes) is 1. The van der Waals surface area contributed by atoms with Gasteiger partial charge in [-0.15, -0.1) is 0 Å². The lowest BCUT2D eigenvalue weighted by molar-refractivity contribution is 0.173. The third-order valence-electron chi connectivity index (χ3n) is 4.25. The Labute approximate surface area is 128 Å². The number of ether oxygens (including phenoxy) is 1. The molecule has 0 saturated heterocycles. The molecule has 0 amide bonds. The van der Waals surface area contributed by atoms with Crippen LogP contribution in [0, 0.1) is 23.2 Å². The summed E-state index contributed by atoms with van der Waals surface area (Å²) in [5, 5.41) is 8.80. The fourth-order valence-electron chi connectivity index (χ4n) is 2.96. The third kappa shape index (κ3) is 4.93. The van der Waals surface area contributed by atoms with E-state index in [-0.39, 0.29) is 0 Å². The van der Waals surface area contributed by atoms with Gasteiger partial charge in [0.25, 0.3) is 0 Å². The molecule has 2 rings (SSSR count). The van der Waals surface area contributed by atoms with Crippen LogP contribution in [-0.2, 0) is 0 Å². The molecule has 21 heavy (non-hydrogen) atoms. The van der Waals surface area contributed by atoms with Crippen LogP contribution in [0.3, 0.4) is 0 Å². The van der Waals surface area contributed by atoms with Gasteiger partial charge in [0.05, 0.1) is 18.2 Å². The molecule has 1 aliphatic carbocycles. The molecule has 1 aromatic carbocycles. The Morgan fingerprint density at radius 2 is 2.00 bits per heavy atom. The van der Waals surface area contributed by atoms with Crippen LogP contribution in [0.2, 0.25) is 0 Å². The Kier molecular flexibility index (Phi) is 6.34. The third-order valence-corrected chi connectivity index (χ3v) is 4.25. The largest absolute Gasteiger partial charge is 0.493 e. The van der Waals surface area contributed by atoms with Crippen LogP contribution in [-0.4, -0.2) is 6.61 Å². The van der Waals surface area contributed by atoms with Crippen molar-refractivity contribution in [2.24, 2.45) is 11.8 Å². The fourth-order valence-corrected chi connectivity index (χ4v) is 2.96. The summed E-state index contributed by atoms with van der Waals surface area (Å²) in [7, 11) is 0. The van der Waals surface area contributed by atoms with Crippen LogP contribution >= 0.6 is 0 Å². The van der Waals surface area contributed by atoms with Gasteiger partial charge in [0.2, 0.25) is 0 Å². The van der Waals surface area contributed by atoms with E-state index in [0.717, 1.165) is 12.4 Å². The summed E-state index contributed by atoms with van der Waals surface area (Å²) in [5.41, 5.74) is 0.681. The maximum atomic E-state index is 8.80. The molecule has 1 saturated carbocycles. The molecular weight excluding hydrogens is 258 g/mol. The standard InChI is InChI=1S/C19H25NO/c1-2-3-4-7-17-8-5-6-9-18(17)15-21-19-12-10-16(14-20)11-13-19/h4,7,10-13,17-18H,2-3,5-6,8-9,15H2,1H3. The number of benzene rings is 1. The second kappa shape index (κ2) is 8.52. The van der Waals surface area contributed by atoms with E-state index in [9.17, 15) is 0 Å². The number of hydrogen-bond donors (Lipinski definition) is 0. The maximum Gasteiger partial charge on any atom is 0.119 e. The summed E-state index contributed by atoms with van der Waals surface area (Å²) in [4.78, 5) is 0. The minimum absolute atomic E-state index is 0.627. The molecular formula is C19H25NO. The van der Waals surface area contributed by atoms with E-state index in [4.69, 9.17) is 10.00 Å². The summed E-state index contributed by atoms with van der Waals surface area (Å²) in [6.07, 6.45) is 12.4. The summed E-state index contributed by atoms with van der Waals surface area (Å²) >= 11 is 0. The van der Waals surface area contributed by atoms with E-state index in [1.54, 1.807) is 0 Å². The molecule has 0 N–H and O–H groups in total. The highest BCUT2D eigenvalue weighted by Gasteiger charge is 2.23. The zero-order valence-corrected chi connectivity index (χ0v) is 12.9. The molecule has 0 radical (unpaired) electrons. The van der Waals surface area contributed by atoms with Gasteiger partial charge in [0.1, 0.15) is 5.75 Å². The Morgan fingerprint density at radius 1 is 1.24 bits per heavy atom. The topological polar surface area (TPSA) is 33.0 Å². The molecule has 112 valence electrons. The van der Waals surface area contributed by atoms with Gasteiger partial charge >= 0.3 is 0 Å². The zero-order chi connectivity index (χ0) is 14.9. The summed E-state index contributed by atoms with van der Waals surface area (Å²) in [6, 6.07) is 9.54. The highest BCUT2D eigenvalue weighted by Crippen LogP contribution is 2.31. The first kappa shape index (κ1) is 15.6. The fraction of sp³-hybridized carbons (Fsp3) is 0.526. The molecule has 1 fully saturated rings. The molecule has 2 heteroatoms. The van der Waals surface area contributed by atoms with Crippen molar-refractivity contribution in [2.75, 3.05) is 6.61 Å². The van der Waals surface area contributed by atoms with Gasteiger partial charge in [-0.2, -0.15) is 5.26 Å². The average Bonchev–Trinajstić information content (AvgIpc) is 2.54. The van der Waals surface area contributed by atoms with Crippen LogP contribution in [0.25, 0.3) is 0 Å². The molecule has 0 heterocycles. The smallest absolute Gasteiger partial charge is 0.119 e. The van der Waals surface area contributed by atoms with Gasteiger partial charge < -0.3 is 4.74 Å². The van der Waals surface area contributed by atoms with Crippen molar-refractivity contribution in [1.29, 1.82) is 5.26 Å². The van der Waals surface area contributed by atoms with E-state index >= 15 is 0 Å². The Morgan fingerprint density at radius 3 is 2.71 bits per heavy atom. The van der Waals surface area contributed by atoms with Crippen molar-refractivity contribution in [2.45, 2.75) is 45.4 Å². The normalized spacial score (nSPS) is 22.1. The van der Waals surface area contributed by atoms with Gasteiger partial charge in [-0.1, -0.05) is 38.3 Å². The predicted octanol–water partition coefficient (Wildman–Crippen LogP) is 5.10. The zero-order valence-electron chi connectivity index (χ0n) is 12.9. The van der Waals surface area contributed by atoms with Gasteiger partial charge in [-0.3, -0.25) is 0 Å². The number of nitrogens with zero attached hydrogens (tertiary/aromatic N) is 1. The summed E-state index contributed by atoms with van der Waals surface area (Å²) in [6.45, 7) is 3.00. The minimum atomic E-state index is 0.627. The highest BCUT2D eigenvalue weighted by molar-refractivity contribution is 5.34. The van der Waals surface area contributed by atoms with Crippen LogP contribution in [0.15, 0.2) is 36.4 Å². The van der Waals surface area contributed by atoms with Crippen molar-refractivity contribution in [3.63, 3.8) is 0 Å². The SMILES string of the molecule is CCCC=CC1CCCCC1COc1ccc(C#N)cc1. The molecule has 1 aromatic rings. The summed E-state index contributed by atoms with van der Waals surface area (Å²) < 4.78 is 5.94. The Balaban J connectivity index is 1.88. The lowest BCUT2D eigenvalue weighted by Gasteiger charge is -2.29. The second-order valence-electron chi connectivity index (χ2n) is 5.87. The van der Waals surface area contributed by atoms with Crippen molar-refractivity contribution >= 4 is 0 Å². The number of hydrogen-bond acceptors (Lipinski definition) is 2. The molecule has 0 spiro atoms. The van der Waals surface area contributed by atoms with Crippen LogP contribution < -0.4 is 4.74 Å². The minimum Gasteiger partial charge on any atom is -0.493 e. The van der Waals surface area contributed by atoms with Crippen molar-refractivity contribution in [1.82, 2.24) is 0 Å². The van der Waals surface area contributed by atoms with Crippen molar-refractivity contribution in [3.8, 4) is 11.8 Å². The Bertz CT molecular complexity index is 483. The van der Waals surface area contributed by atoms with Crippen LogP contribution in [0.5, 0.6) is 5.75 Å². The average molecular weight is 283 g/mol. The highest BCUT2D eigenvalue weighted by atomic mass is 16.5. The first-order chi connectivity index (χ1) is 10.3. The molecule has 0 aromatic heterocycles. The van der Waals surface area contributed by atoms with Crippen LogP contribution in [0.1, 0.15) is 51.0 Å². The first-order valence-electron chi connectivity index (χ1n) is 8.13. The van der Waals surface area contributed by atoms with E-state index in [2.05, 4.69) is 25.1 Å². The number of allylic oxidation sites excluding steroid dienone is 2. The lowest BCUT2D eigenvalue weighted by atomic mass is 9.79. The van der Waals surface area contributed by atoms with E-state index in [1.807, 2.05) is 24.3 Å². The van der Waals surface area contributed by atoms with Gasteiger partial charge in [0.15, 0.2) is 0 Å². The molecule has 2 atom stereocenters. The summed E-state index contributed by atoms with van der Waals surface area (Å²) in [5.74, 6) is 2.17. The predicted molar refractivity (Wildman–Crippen MR) is 86.1 cm³/mol. The molecule has 2 unspecified atom stereocenters. The van der Waals surface area contributed by atoms with E-state index in [0.29, 0.717) is 17.4 Å². The van der Waals surface area contributed by atoms with Gasteiger partial charge in [0, 0.05) is 0 Å². The van der Waals surface area contributed by atoms with E-state index < -0.39 is 0 Å². The van der Waals surface area contributed by atoms with Crippen LogP contribution in [0.4, 0.5) is 0 Å². The molecule has 1 aliphatic rings. The maximum absolute atomic E-state index is 8.80. The van der Waals surface area contributed by atoms with Crippen molar-refractivity contribution < 1.29 is 4.74 Å². The number of nitriles is 1.